The van der Waals surface area contributed by atoms with Gasteiger partial charge in [0.25, 0.3) is 0 Å². The predicted octanol–water partition coefficient (Wildman–Crippen LogP) is 4.25. The summed E-state index contributed by atoms with van der Waals surface area (Å²) >= 11 is 1.48. The van der Waals surface area contributed by atoms with Crippen LogP contribution in [-0.2, 0) is 4.79 Å². The Morgan fingerprint density at radius 2 is 1.92 bits per heavy atom. The lowest BCUT2D eigenvalue weighted by Gasteiger charge is -2.18. The molecule has 26 heavy (non-hydrogen) atoms. The Balaban J connectivity index is 1.60. The van der Waals surface area contributed by atoms with E-state index in [4.69, 9.17) is 9.47 Å². The van der Waals surface area contributed by atoms with E-state index in [0.29, 0.717) is 22.5 Å². The molecule has 1 aromatic carbocycles. The Bertz CT molecular complexity index is 782. The number of rotatable bonds is 6. The zero-order chi connectivity index (χ0) is 18.4. The number of carbonyl (C=O) groups is 1. The van der Waals surface area contributed by atoms with E-state index in [2.05, 4.69) is 15.5 Å². The highest BCUT2D eigenvalue weighted by molar-refractivity contribution is 7.15. The molecule has 0 spiro atoms. The van der Waals surface area contributed by atoms with Gasteiger partial charge in [0.15, 0.2) is 11.5 Å². The minimum atomic E-state index is -0.230. The SMILES string of the molecule is COc1ccc(/C=C/C(=O)Nc2nnc(C3CCCCC3)s2)cc1OC. The van der Waals surface area contributed by atoms with E-state index in [1.165, 1.54) is 49.5 Å². The van der Waals surface area contributed by atoms with Crippen molar-refractivity contribution in [3.63, 3.8) is 0 Å². The quantitative estimate of drug-likeness (QED) is 0.766. The van der Waals surface area contributed by atoms with Crippen molar-refractivity contribution >= 4 is 28.5 Å². The Hall–Kier alpha value is -2.41. The van der Waals surface area contributed by atoms with E-state index in [-0.39, 0.29) is 5.91 Å². The third-order valence-electron chi connectivity index (χ3n) is 4.46. The molecule has 1 N–H and O–H groups in total. The molecule has 0 unspecified atom stereocenters. The Labute approximate surface area is 157 Å². The van der Waals surface area contributed by atoms with Crippen LogP contribution in [0.4, 0.5) is 5.13 Å². The molecule has 138 valence electrons. The second-order valence-electron chi connectivity index (χ2n) is 6.22. The molecule has 1 fully saturated rings. The number of benzene rings is 1. The fourth-order valence-corrected chi connectivity index (χ4v) is 3.99. The van der Waals surface area contributed by atoms with Gasteiger partial charge in [0, 0.05) is 12.0 Å². The number of amides is 1. The van der Waals surface area contributed by atoms with E-state index < -0.39 is 0 Å². The first-order valence-electron chi connectivity index (χ1n) is 8.74. The lowest BCUT2D eigenvalue weighted by molar-refractivity contribution is -0.111. The van der Waals surface area contributed by atoms with Crippen LogP contribution in [0.2, 0.25) is 0 Å². The fourth-order valence-electron chi connectivity index (χ4n) is 3.08. The van der Waals surface area contributed by atoms with Crippen molar-refractivity contribution in [2.24, 2.45) is 0 Å². The van der Waals surface area contributed by atoms with Gasteiger partial charge >= 0.3 is 0 Å². The van der Waals surface area contributed by atoms with Crippen molar-refractivity contribution in [3.05, 3.63) is 34.8 Å². The highest BCUT2D eigenvalue weighted by Gasteiger charge is 2.19. The average Bonchev–Trinajstić information content (AvgIpc) is 3.15. The molecule has 0 saturated heterocycles. The van der Waals surface area contributed by atoms with Crippen LogP contribution in [0, 0.1) is 0 Å². The molecule has 0 aliphatic heterocycles. The van der Waals surface area contributed by atoms with Crippen molar-refractivity contribution in [1.29, 1.82) is 0 Å². The lowest BCUT2D eigenvalue weighted by Crippen LogP contribution is -2.07. The molecule has 1 aromatic heterocycles. The van der Waals surface area contributed by atoms with Gasteiger partial charge in [-0.05, 0) is 36.6 Å². The standard InChI is InChI=1S/C19H23N3O3S/c1-24-15-10-8-13(12-16(15)25-2)9-11-17(23)20-19-22-21-18(26-19)14-6-4-3-5-7-14/h8-12,14H,3-7H2,1-2H3,(H,20,22,23)/b11-9+. The van der Waals surface area contributed by atoms with Crippen LogP contribution in [0.5, 0.6) is 11.5 Å². The van der Waals surface area contributed by atoms with Gasteiger partial charge < -0.3 is 9.47 Å². The molecular weight excluding hydrogens is 350 g/mol. The molecule has 0 bridgehead atoms. The van der Waals surface area contributed by atoms with Crippen LogP contribution in [0.15, 0.2) is 24.3 Å². The van der Waals surface area contributed by atoms with Gasteiger partial charge in [0.1, 0.15) is 5.01 Å². The molecule has 0 radical (unpaired) electrons. The summed E-state index contributed by atoms with van der Waals surface area (Å²) in [7, 11) is 3.17. The normalized spacial score (nSPS) is 15.2. The Morgan fingerprint density at radius 3 is 2.65 bits per heavy atom. The second-order valence-corrected chi connectivity index (χ2v) is 7.23. The summed E-state index contributed by atoms with van der Waals surface area (Å²) in [4.78, 5) is 12.1. The molecule has 0 atom stereocenters. The highest BCUT2D eigenvalue weighted by atomic mass is 32.1. The van der Waals surface area contributed by atoms with Gasteiger partial charge in [0.05, 0.1) is 14.2 Å². The maximum absolute atomic E-state index is 12.1. The van der Waals surface area contributed by atoms with Crippen molar-refractivity contribution in [3.8, 4) is 11.5 Å². The number of nitrogens with one attached hydrogen (secondary N) is 1. The van der Waals surface area contributed by atoms with Crippen molar-refractivity contribution in [2.75, 3.05) is 19.5 Å². The van der Waals surface area contributed by atoms with E-state index in [0.717, 1.165) is 10.6 Å². The molecule has 7 heteroatoms. The summed E-state index contributed by atoms with van der Waals surface area (Å²) in [6, 6.07) is 5.48. The van der Waals surface area contributed by atoms with Crippen molar-refractivity contribution < 1.29 is 14.3 Å². The number of hydrogen-bond donors (Lipinski definition) is 1. The van der Waals surface area contributed by atoms with E-state index in [9.17, 15) is 4.79 Å². The highest BCUT2D eigenvalue weighted by Crippen LogP contribution is 2.35. The molecule has 1 heterocycles. The fraction of sp³-hybridized carbons (Fsp3) is 0.421. The number of hydrogen-bond acceptors (Lipinski definition) is 6. The topological polar surface area (TPSA) is 73.3 Å². The van der Waals surface area contributed by atoms with E-state index in [1.807, 2.05) is 12.1 Å². The molecule has 6 nitrogen and oxygen atoms in total. The van der Waals surface area contributed by atoms with Crippen molar-refractivity contribution in [2.45, 2.75) is 38.0 Å². The first kappa shape index (κ1) is 18.4. The van der Waals surface area contributed by atoms with Gasteiger partial charge in [-0.1, -0.05) is 36.7 Å². The smallest absolute Gasteiger partial charge is 0.250 e. The van der Waals surface area contributed by atoms with Gasteiger partial charge in [-0.3, -0.25) is 10.1 Å². The van der Waals surface area contributed by atoms with E-state index in [1.54, 1.807) is 26.4 Å². The molecule has 1 aliphatic rings. The minimum Gasteiger partial charge on any atom is -0.493 e. The third-order valence-corrected chi connectivity index (χ3v) is 5.46. The summed E-state index contributed by atoms with van der Waals surface area (Å²) in [6.07, 6.45) is 9.34. The number of ether oxygens (including phenoxy) is 2. The number of aromatic nitrogens is 2. The first-order valence-corrected chi connectivity index (χ1v) is 9.55. The van der Waals surface area contributed by atoms with Crippen LogP contribution in [0.3, 0.4) is 0 Å². The molecule has 1 saturated carbocycles. The van der Waals surface area contributed by atoms with Gasteiger partial charge in [-0.25, -0.2) is 0 Å². The summed E-state index contributed by atoms with van der Waals surface area (Å²) in [5.41, 5.74) is 0.845. The molecule has 1 aliphatic carbocycles. The van der Waals surface area contributed by atoms with Gasteiger partial charge in [-0.2, -0.15) is 0 Å². The predicted molar refractivity (Wildman–Crippen MR) is 103 cm³/mol. The zero-order valence-corrected chi connectivity index (χ0v) is 15.8. The number of methoxy groups -OCH3 is 2. The number of carbonyl (C=O) groups excluding carboxylic acids is 1. The van der Waals surface area contributed by atoms with Gasteiger partial charge in [-0.15, -0.1) is 10.2 Å². The van der Waals surface area contributed by atoms with Crippen LogP contribution in [0.25, 0.3) is 6.08 Å². The monoisotopic (exact) mass is 373 g/mol. The largest absolute Gasteiger partial charge is 0.493 e. The molecule has 3 rings (SSSR count). The van der Waals surface area contributed by atoms with Crippen LogP contribution < -0.4 is 14.8 Å². The maximum atomic E-state index is 12.1. The third kappa shape index (κ3) is 4.60. The van der Waals surface area contributed by atoms with Gasteiger partial charge in [0.2, 0.25) is 11.0 Å². The van der Waals surface area contributed by atoms with Crippen LogP contribution in [-0.4, -0.2) is 30.3 Å². The van der Waals surface area contributed by atoms with E-state index >= 15 is 0 Å². The van der Waals surface area contributed by atoms with Crippen molar-refractivity contribution in [1.82, 2.24) is 10.2 Å². The Morgan fingerprint density at radius 1 is 1.15 bits per heavy atom. The summed E-state index contributed by atoms with van der Waals surface area (Å²) in [5.74, 6) is 1.54. The average molecular weight is 373 g/mol. The zero-order valence-electron chi connectivity index (χ0n) is 15.0. The number of anilines is 1. The van der Waals surface area contributed by atoms with Crippen LogP contribution >= 0.6 is 11.3 Å². The molecule has 1 amide bonds. The minimum absolute atomic E-state index is 0.230. The second kappa shape index (κ2) is 8.80. The Kier molecular flexibility index (Phi) is 6.22. The summed E-state index contributed by atoms with van der Waals surface area (Å²) in [6.45, 7) is 0. The number of nitrogens with zero attached hydrogens (tertiary/aromatic N) is 2. The van der Waals surface area contributed by atoms with Crippen LogP contribution in [0.1, 0.15) is 48.6 Å². The summed E-state index contributed by atoms with van der Waals surface area (Å²) < 4.78 is 10.5. The maximum Gasteiger partial charge on any atom is 0.250 e. The lowest BCUT2D eigenvalue weighted by atomic mass is 9.90. The molecule has 2 aromatic rings. The first-order chi connectivity index (χ1) is 12.7. The molecular formula is C19H23N3O3S. The summed E-state index contributed by atoms with van der Waals surface area (Å²) in [5, 5.41) is 12.7.